The van der Waals surface area contributed by atoms with Crippen molar-refractivity contribution in [3.05, 3.63) is 48.6 Å². The maximum atomic E-state index is 9.98. The SMILES string of the molecule is C=CCNC(=NCC(O)COC(C)c1ccccc1)NCC.I. The molecule has 5 nitrogen and oxygen atoms in total. The first-order chi connectivity index (χ1) is 10.7. The van der Waals surface area contributed by atoms with Gasteiger partial charge in [-0.25, -0.2) is 0 Å². The van der Waals surface area contributed by atoms with E-state index in [1.807, 2.05) is 44.2 Å². The predicted molar refractivity (Wildman–Crippen MR) is 106 cm³/mol. The van der Waals surface area contributed by atoms with Crippen molar-refractivity contribution in [2.75, 3.05) is 26.2 Å². The molecule has 0 saturated carbocycles. The summed E-state index contributed by atoms with van der Waals surface area (Å²) in [5.74, 6) is 0.664. The second kappa shape index (κ2) is 13.3. The second-order valence-electron chi connectivity index (χ2n) is 4.93. The minimum atomic E-state index is -0.634. The molecule has 0 aromatic heterocycles. The van der Waals surface area contributed by atoms with E-state index in [0.29, 0.717) is 12.5 Å². The van der Waals surface area contributed by atoms with Crippen LogP contribution in [0.2, 0.25) is 0 Å². The van der Waals surface area contributed by atoms with Crippen molar-refractivity contribution < 1.29 is 9.84 Å². The van der Waals surface area contributed by atoms with E-state index in [9.17, 15) is 5.11 Å². The Hall–Kier alpha value is -1.12. The lowest BCUT2D eigenvalue weighted by Crippen LogP contribution is -2.38. The zero-order chi connectivity index (χ0) is 16.2. The lowest BCUT2D eigenvalue weighted by atomic mass is 10.1. The van der Waals surface area contributed by atoms with E-state index < -0.39 is 6.10 Å². The van der Waals surface area contributed by atoms with Gasteiger partial charge in [-0.05, 0) is 19.4 Å². The van der Waals surface area contributed by atoms with Crippen LogP contribution in [0.3, 0.4) is 0 Å². The number of rotatable bonds is 9. The van der Waals surface area contributed by atoms with Crippen molar-refractivity contribution in [2.24, 2.45) is 4.99 Å². The van der Waals surface area contributed by atoms with Crippen molar-refractivity contribution in [2.45, 2.75) is 26.1 Å². The van der Waals surface area contributed by atoms with Crippen LogP contribution in [0.15, 0.2) is 48.0 Å². The highest BCUT2D eigenvalue weighted by Gasteiger charge is 2.09. The number of aliphatic hydroxyl groups is 1. The summed E-state index contributed by atoms with van der Waals surface area (Å²) in [5, 5.41) is 16.2. The molecule has 2 unspecified atom stereocenters. The fraction of sp³-hybridized carbons (Fsp3) is 0.471. The van der Waals surface area contributed by atoms with Crippen LogP contribution < -0.4 is 10.6 Å². The number of hydrogen-bond acceptors (Lipinski definition) is 3. The Morgan fingerprint density at radius 1 is 1.35 bits per heavy atom. The molecule has 0 fully saturated rings. The summed E-state index contributed by atoms with van der Waals surface area (Å²) in [5.41, 5.74) is 1.10. The largest absolute Gasteiger partial charge is 0.389 e. The Kier molecular flexibility index (Phi) is 12.7. The molecule has 0 saturated heterocycles. The number of nitrogens with one attached hydrogen (secondary N) is 2. The van der Waals surface area contributed by atoms with Gasteiger partial charge >= 0.3 is 0 Å². The highest BCUT2D eigenvalue weighted by Crippen LogP contribution is 2.15. The first-order valence-corrected chi connectivity index (χ1v) is 7.65. The molecule has 0 aliphatic heterocycles. The van der Waals surface area contributed by atoms with Gasteiger partial charge in [0.15, 0.2) is 5.96 Å². The van der Waals surface area contributed by atoms with Crippen molar-refractivity contribution in [1.82, 2.24) is 10.6 Å². The molecule has 3 N–H and O–H groups in total. The second-order valence-corrected chi connectivity index (χ2v) is 4.93. The lowest BCUT2D eigenvalue weighted by molar-refractivity contribution is 0.00112. The van der Waals surface area contributed by atoms with Gasteiger partial charge in [0, 0.05) is 13.1 Å². The first-order valence-electron chi connectivity index (χ1n) is 7.65. The number of halogens is 1. The molecule has 130 valence electrons. The number of benzene rings is 1. The fourth-order valence-electron chi connectivity index (χ4n) is 1.84. The summed E-state index contributed by atoms with van der Waals surface area (Å²) in [6.45, 7) is 9.55. The van der Waals surface area contributed by atoms with Gasteiger partial charge in [-0.1, -0.05) is 36.4 Å². The van der Waals surface area contributed by atoms with Gasteiger partial charge in [0.05, 0.1) is 25.4 Å². The van der Waals surface area contributed by atoms with Gasteiger partial charge in [0.25, 0.3) is 0 Å². The van der Waals surface area contributed by atoms with Crippen LogP contribution in [0.4, 0.5) is 0 Å². The van der Waals surface area contributed by atoms with E-state index in [1.54, 1.807) is 6.08 Å². The third kappa shape index (κ3) is 9.58. The van der Waals surface area contributed by atoms with E-state index in [2.05, 4.69) is 22.2 Å². The van der Waals surface area contributed by atoms with E-state index in [1.165, 1.54) is 0 Å². The maximum absolute atomic E-state index is 9.98. The third-order valence-corrected chi connectivity index (χ3v) is 3.03. The summed E-state index contributed by atoms with van der Waals surface area (Å²) < 4.78 is 5.69. The summed E-state index contributed by atoms with van der Waals surface area (Å²) in [4.78, 5) is 4.32. The van der Waals surface area contributed by atoms with E-state index in [0.717, 1.165) is 12.1 Å². The molecular weight excluding hydrogens is 405 g/mol. The van der Waals surface area contributed by atoms with Crippen molar-refractivity contribution in [3.8, 4) is 0 Å². The standard InChI is InChI=1S/C17H27N3O2.HI/c1-4-11-19-17(18-5-2)20-12-16(21)13-22-14(3)15-9-7-6-8-10-15;/h4,6-10,14,16,21H,1,5,11-13H2,2-3H3,(H2,18,19,20);1H. The van der Waals surface area contributed by atoms with Gasteiger partial charge < -0.3 is 20.5 Å². The number of hydrogen-bond donors (Lipinski definition) is 3. The summed E-state index contributed by atoms with van der Waals surface area (Å²) >= 11 is 0. The number of aliphatic hydroxyl groups excluding tert-OH is 1. The van der Waals surface area contributed by atoms with Crippen molar-refractivity contribution in [1.29, 1.82) is 0 Å². The van der Waals surface area contributed by atoms with Gasteiger partial charge in [-0.15, -0.1) is 30.6 Å². The molecule has 23 heavy (non-hydrogen) atoms. The maximum Gasteiger partial charge on any atom is 0.191 e. The monoisotopic (exact) mass is 433 g/mol. The minimum Gasteiger partial charge on any atom is -0.389 e. The molecule has 0 aliphatic rings. The predicted octanol–water partition coefficient (Wildman–Crippen LogP) is 2.48. The van der Waals surface area contributed by atoms with Crippen LogP contribution in [0, 0.1) is 0 Å². The minimum absolute atomic E-state index is 0. The van der Waals surface area contributed by atoms with Crippen molar-refractivity contribution >= 4 is 29.9 Å². The number of aliphatic imine (C=N–C) groups is 1. The Balaban J connectivity index is 0.00000484. The lowest BCUT2D eigenvalue weighted by Gasteiger charge is -2.16. The quantitative estimate of drug-likeness (QED) is 0.242. The van der Waals surface area contributed by atoms with Crippen LogP contribution >= 0.6 is 24.0 Å². The summed E-state index contributed by atoms with van der Waals surface area (Å²) in [6, 6.07) is 9.95. The Bertz CT molecular complexity index is 454. The van der Waals surface area contributed by atoms with E-state index in [-0.39, 0.29) is 43.2 Å². The molecule has 1 aromatic rings. The summed E-state index contributed by atoms with van der Waals surface area (Å²) in [7, 11) is 0. The number of nitrogens with zero attached hydrogens (tertiary/aromatic N) is 1. The zero-order valence-electron chi connectivity index (χ0n) is 13.9. The van der Waals surface area contributed by atoms with Gasteiger partial charge in [0.2, 0.25) is 0 Å². The molecule has 0 heterocycles. The van der Waals surface area contributed by atoms with Crippen LogP contribution in [0.1, 0.15) is 25.5 Å². The highest BCUT2D eigenvalue weighted by atomic mass is 127. The van der Waals surface area contributed by atoms with Gasteiger partial charge in [0.1, 0.15) is 0 Å². The average molecular weight is 433 g/mol. The Morgan fingerprint density at radius 3 is 2.65 bits per heavy atom. The molecule has 1 rings (SSSR count). The summed E-state index contributed by atoms with van der Waals surface area (Å²) in [6.07, 6.45) is 1.07. The van der Waals surface area contributed by atoms with E-state index in [4.69, 9.17) is 4.74 Å². The average Bonchev–Trinajstić information content (AvgIpc) is 2.56. The molecule has 0 aliphatic carbocycles. The van der Waals surface area contributed by atoms with Crippen LogP contribution in [0.25, 0.3) is 0 Å². The normalized spacial score (nSPS) is 13.6. The molecular formula is C17H28IN3O2. The van der Waals surface area contributed by atoms with Crippen LogP contribution in [0.5, 0.6) is 0 Å². The van der Waals surface area contributed by atoms with Crippen LogP contribution in [-0.2, 0) is 4.74 Å². The first kappa shape index (κ1) is 21.9. The molecule has 1 aromatic carbocycles. The number of guanidine groups is 1. The Morgan fingerprint density at radius 2 is 2.04 bits per heavy atom. The number of ether oxygens (including phenoxy) is 1. The molecule has 0 bridgehead atoms. The molecule has 0 radical (unpaired) electrons. The molecule has 2 atom stereocenters. The third-order valence-electron chi connectivity index (χ3n) is 3.03. The van der Waals surface area contributed by atoms with E-state index >= 15 is 0 Å². The highest BCUT2D eigenvalue weighted by molar-refractivity contribution is 14.0. The van der Waals surface area contributed by atoms with Gasteiger partial charge in [-0.3, -0.25) is 4.99 Å². The smallest absolute Gasteiger partial charge is 0.191 e. The molecule has 0 amide bonds. The van der Waals surface area contributed by atoms with Crippen molar-refractivity contribution in [3.63, 3.8) is 0 Å². The molecule has 0 spiro atoms. The zero-order valence-corrected chi connectivity index (χ0v) is 16.2. The topological polar surface area (TPSA) is 65.9 Å². The Labute approximate surface area is 156 Å². The fourth-order valence-corrected chi connectivity index (χ4v) is 1.84. The molecule has 6 heteroatoms. The van der Waals surface area contributed by atoms with Gasteiger partial charge in [-0.2, -0.15) is 0 Å². The van der Waals surface area contributed by atoms with Crippen LogP contribution in [-0.4, -0.2) is 43.4 Å².